The van der Waals surface area contributed by atoms with Gasteiger partial charge in [-0.25, -0.2) is 0 Å². The van der Waals surface area contributed by atoms with Crippen molar-refractivity contribution in [2.45, 2.75) is 33.6 Å². The zero-order valence-corrected chi connectivity index (χ0v) is 15.8. The Morgan fingerprint density at radius 3 is 2.20 bits per heavy atom. The number of nitrogens with zero attached hydrogens (tertiary/aromatic N) is 2. The minimum atomic E-state index is 0.0590. The molecule has 0 aliphatic carbocycles. The van der Waals surface area contributed by atoms with Crippen molar-refractivity contribution >= 4 is 11.8 Å². The van der Waals surface area contributed by atoms with Crippen molar-refractivity contribution in [3.63, 3.8) is 0 Å². The first-order valence-electron chi connectivity index (χ1n) is 9.32. The topological polar surface area (TPSA) is 52.7 Å². The third kappa shape index (κ3) is 6.50. The van der Waals surface area contributed by atoms with Gasteiger partial charge >= 0.3 is 0 Å². The van der Waals surface area contributed by atoms with E-state index in [1.54, 1.807) is 0 Å². The quantitative estimate of drug-likeness (QED) is 0.818. The Bertz CT molecular complexity index is 561. The first-order chi connectivity index (χ1) is 12.0. The van der Waals surface area contributed by atoms with E-state index in [1.165, 1.54) is 5.56 Å². The van der Waals surface area contributed by atoms with Crippen molar-refractivity contribution in [3.8, 4) is 0 Å². The SMILES string of the molecule is CCNC(=O)CN1CCN(C(=O)Cc2ccc(CC(C)C)cc2)CC1. The first kappa shape index (κ1) is 19.4. The van der Waals surface area contributed by atoms with Gasteiger partial charge in [-0.2, -0.15) is 0 Å². The summed E-state index contributed by atoms with van der Waals surface area (Å²) in [5.41, 5.74) is 2.40. The number of likely N-dealkylation sites (N-methyl/N-ethyl adjacent to an activating group) is 1. The van der Waals surface area contributed by atoms with E-state index in [-0.39, 0.29) is 11.8 Å². The Kier molecular flexibility index (Phi) is 7.44. The molecule has 0 unspecified atom stereocenters. The van der Waals surface area contributed by atoms with Gasteiger partial charge in [0.1, 0.15) is 0 Å². The lowest BCUT2D eigenvalue weighted by atomic mass is 10.0. The van der Waals surface area contributed by atoms with Gasteiger partial charge in [-0.05, 0) is 30.4 Å². The van der Waals surface area contributed by atoms with E-state index < -0.39 is 0 Å². The van der Waals surface area contributed by atoms with Crippen LogP contribution in [-0.4, -0.2) is 60.9 Å². The summed E-state index contributed by atoms with van der Waals surface area (Å²) in [4.78, 5) is 28.1. The highest BCUT2D eigenvalue weighted by Gasteiger charge is 2.22. The number of hydrogen-bond acceptors (Lipinski definition) is 3. The van der Waals surface area contributed by atoms with Crippen LogP contribution in [0.5, 0.6) is 0 Å². The van der Waals surface area contributed by atoms with E-state index in [0.29, 0.717) is 38.5 Å². The van der Waals surface area contributed by atoms with Crippen molar-refractivity contribution in [2.75, 3.05) is 39.3 Å². The average molecular weight is 345 g/mol. The fourth-order valence-corrected chi connectivity index (χ4v) is 3.16. The summed E-state index contributed by atoms with van der Waals surface area (Å²) in [6.45, 7) is 10.3. The number of nitrogens with one attached hydrogen (secondary N) is 1. The molecule has 138 valence electrons. The Morgan fingerprint density at radius 1 is 1.04 bits per heavy atom. The molecule has 1 aromatic rings. The van der Waals surface area contributed by atoms with Gasteiger partial charge in [0.2, 0.25) is 11.8 Å². The molecule has 0 aromatic heterocycles. The van der Waals surface area contributed by atoms with Crippen LogP contribution >= 0.6 is 0 Å². The molecule has 2 rings (SSSR count). The third-order valence-corrected chi connectivity index (χ3v) is 4.49. The van der Waals surface area contributed by atoms with Crippen molar-refractivity contribution in [2.24, 2.45) is 5.92 Å². The lowest BCUT2D eigenvalue weighted by molar-refractivity contribution is -0.132. The maximum absolute atomic E-state index is 12.5. The lowest BCUT2D eigenvalue weighted by Crippen LogP contribution is -2.51. The molecule has 0 saturated carbocycles. The predicted molar refractivity (Wildman–Crippen MR) is 100 cm³/mol. The van der Waals surface area contributed by atoms with Crippen LogP contribution < -0.4 is 5.32 Å². The lowest BCUT2D eigenvalue weighted by Gasteiger charge is -2.34. The Labute approximate surface area is 151 Å². The van der Waals surface area contributed by atoms with E-state index in [1.807, 2.05) is 11.8 Å². The number of carbonyl (C=O) groups excluding carboxylic acids is 2. The molecule has 0 spiro atoms. The minimum Gasteiger partial charge on any atom is -0.355 e. The van der Waals surface area contributed by atoms with Crippen LogP contribution in [0.4, 0.5) is 0 Å². The molecule has 1 saturated heterocycles. The van der Waals surface area contributed by atoms with Crippen LogP contribution in [0.2, 0.25) is 0 Å². The zero-order chi connectivity index (χ0) is 18.2. The number of piperazine rings is 1. The van der Waals surface area contributed by atoms with E-state index in [9.17, 15) is 9.59 Å². The Hall–Kier alpha value is -1.88. The molecule has 25 heavy (non-hydrogen) atoms. The van der Waals surface area contributed by atoms with Gasteiger partial charge in [0, 0.05) is 32.7 Å². The molecule has 1 aliphatic rings. The molecule has 1 N–H and O–H groups in total. The molecule has 5 nitrogen and oxygen atoms in total. The molecule has 1 aromatic carbocycles. The maximum Gasteiger partial charge on any atom is 0.234 e. The summed E-state index contributed by atoms with van der Waals surface area (Å²) >= 11 is 0. The average Bonchev–Trinajstić information content (AvgIpc) is 2.57. The van der Waals surface area contributed by atoms with Gasteiger partial charge in [-0.1, -0.05) is 38.1 Å². The smallest absolute Gasteiger partial charge is 0.234 e. The minimum absolute atomic E-state index is 0.0590. The molecule has 0 atom stereocenters. The molecule has 0 radical (unpaired) electrons. The standard InChI is InChI=1S/C20H31N3O2/c1-4-21-19(24)15-22-9-11-23(12-10-22)20(25)14-18-7-5-17(6-8-18)13-16(2)3/h5-8,16H,4,9-15H2,1-3H3,(H,21,24). The second-order valence-electron chi connectivity index (χ2n) is 7.20. The normalized spacial score (nSPS) is 15.4. The molecule has 2 amide bonds. The van der Waals surface area contributed by atoms with E-state index >= 15 is 0 Å². The Balaban J connectivity index is 1.77. The highest BCUT2D eigenvalue weighted by Crippen LogP contribution is 2.12. The molecule has 5 heteroatoms. The monoisotopic (exact) mass is 345 g/mol. The zero-order valence-electron chi connectivity index (χ0n) is 15.8. The van der Waals surface area contributed by atoms with Gasteiger partial charge in [0.25, 0.3) is 0 Å². The van der Waals surface area contributed by atoms with Gasteiger partial charge in [-0.15, -0.1) is 0 Å². The highest BCUT2D eigenvalue weighted by atomic mass is 16.2. The van der Waals surface area contributed by atoms with E-state index in [2.05, 4.69) is 48.3 Å². The van der Waals surface area contributed by atoms with Crippen molar-refractivity contribution in [1.29, 1.82) is 0 Å². The largest absolute Gasteiger partial charge is 0.355 e. The fourth-order valence-electron chi connectivity index (χ4n) is 3.16. The van der Waals surface area contributed by atoms with Gasteiger partial charge in [0.05, 0.1) is 13.0 Å². The molecular formula is C20H31N3O2. The van der Waals surface area contributed by atoms with Crippen molar-refractivity contribution in [1.82, 2.24) is 15.1 Å². The van der Waals surface area contributed by atoms with Crippen LogP contribution in [0.1, 0.15) is 31.9 Å². The van der Waals surface area contributed by atoms with Crippen LogP contribution in [0.3, 0.4) is 0 Å². The van der Waals surface area contributed by atoms with Crippen LogP contribution in [0, 0.1) is 5.92 Å². The number of hydrogen-bond donors (Lipinski definition) is 1. The van der Waals surface area contributed by atoms with Crippen molar-refractivity contribution in [3.05, 3.63) is 35.4 Å². The summed E-state index contributed by atoms with van der Waals surface area (Å²) < 4.78 is 0. The predicted octanol–water partition coefficient (Wildman–Crippen LogP) is 1.71. The third-order valence-electron chi connectivity index (χ3n) is 4.49. The maximum atomic E-state index is 12.5. The first-order valence-corrected chi connectivity index (χ1v) is 9.32. The molecule has 1 heterocycles. The number of carbonyl (C=O) groups is 2. The highest BCUT2D eigenvalue weighted by molar-refractivity contribution is 5.79. The van der Waals surface area contributed by atoms with Crippen molar-refractivity contribution < 1.29 is 9.59 Å². The van der Waals surface area contributed by atoms with Crippen LogP contribution in [0.15, 0.2) is 24.3 Å². The number of amides is 2. The van der Waals surface area contributed by atoms with E-state index in [4.69, 9.17) is 0 Å². The van der Waals surface area contributed by atoms with Crippen LogP contribution in [-0.2, 0) is 22.4 Å². The van der Waals surface area contributed by atoms with Crippen LogP contribution in [0.25, 0.3) is 0 Å². The second-order valence-corrected chi connectivity index (χ2v) is 7.20. The molecule has 1 fully saturated rings. The summed E-state index contributed by atoms with van der Waals surface area (Å²) in [5.74, 6) is 0.876. The molecule has 0 bridgehead atoms. The number of benzene rings is 1. The van der Waals surface area contributed by atoms with Gasteiger partial charge in [-0.3, -0.25) is 14.5 Å². The fraction of sp³-hybridized carbons (Fsp3) is 0.600. The summed E-state index contributed by atoms with van der Waals surface area (Å²) in [6.07, 6.45) is 1.53. The molecular weight excluding hydrogens is 314 g/mol. The van der Waals surface area contributed by atoms with Gasteiger partial charge in [0.15, 0.2) is 0 Å². The summed E-state index contributed by atoms with van der Waals surface area (Å²) in [7, 11) is 0. The Morgan fingerprint density at radius 2 is 1.64 bits per heavy atom. The number of rotatable bonds is 7. The summed E-state index contributed by atoms with van der Waals surface area (Å²) in [6, 6.07) is 8.40. The summed E-state index contributed by atoms with van der Waals surface area (Å²) in [5, 5.41) is 2.81. The molecule has 1 aliphatic heterocycles. The van der Waals surface area contributed by atoms with E-state index in [0.717, 1.165) is 25.1 Å². The van der Waals surface area contributed by atoms with Gasteiger partial charge < -0.3 is 10.2 Å². The second kappa shape index (κ2) is 9.56.